The maximum absolute atomic E-state index is 13.5. The lowest BCUT2D eigenvalue weighted by Crippen LogP contribution is -2.48. The van der Waals surface area contributed by atoms with E-state index in [1.165, 1.54) is 13.2 Å². The van der Waals surface area contributed by atoms with Crippen molar-refractivity contribution in [2.75, 3.05) is 0 Å². The molecule has 0 fully saturated rings. The molecule has 2 aromatic heterocycles. The third-order valence-electron chi connectivity index (χ3n) is 4.33. The molecule has 0 radical (unpaired) electrons. The van der Waals surface area contributed by atoms with Crippen LogP contribution in [0.4, 0.5) is 13.2 Å². The molecule has 6 nitrogen and oxygen atoms in total. The Hall–Kier alpha value is -2.81. The second-order valence-corrected chi connectivity index (χ2v) is 6.37. The minimum Gasteiger partial charge on any atom is -0.459 e. The fourth-order valence-electron chi connectivity index (χ4n) is 2.88. The highest BCUT2D eigenvalue weighted by molar-refractivity contribution is 5.79. The van der Waals surface area contributed by atoms with Crippen molar-refractivity contribution in [3.63, 3.8) is 0 Å². The van der Waals surface area contributed by atoms with Gasteiger partial charge in [-0.2, -0.15) is 13.2 Å². The molecule has 27 heavy (non-hydrogen) atoms. The van der Waals surface area contributed by atoms with Crippen LogP contribution >= 0.6 is 0 Å². The standard InChI is InChI=1S/C18H18F3N3O3/c1-11(14-9-12-5-3-4-6-13(12)27-14)23-15(25)10-17(26,18(19,20)21)16-22-7-8-24(16)2/h3-9,11,26H,10H2,1-2H3,(H,23,25). The summed E-state index contributed by atoms with van der Waals surface area (Å²) in [5.41, 5.74) is -2.79. The normalized spacial score (nSPS) is 15.5. The third-order valence-corrected chi connectivity index (χ3v) is 4.33. The molecule has 0 saturated heterocycles. The predicted molar refractivity (Wildman–Crippen MR) is 90.5 cm³/mol. The molecule has 2 heterocycles. The van der Waals surface area contributed by atoms with Crippen molar-refractivity contribution in [2.24, 2.45) is 7.05 Å². The van der Waals surface area contributed by atoms with Crippen molar-refractivity contribution in [2.45, 2.75) is 31.2 Å². The molecule has 2 unspecified atom stereocenters. The second-order valence-electron chi connectivity index (χ2n) is 6.37. The number of furan rings is 1. The minimum absolute atomic E-state index is 0.400. The average Bonchev–Trinajstić information content (AvgIpc) is 3.19. The quantitative estimate of drug-likeness (QED) is 0.711. The number of hydrogen-bond donors (Lipinski definition) is 2. The molecule has 9 heteroatoms. The lowest BCUT2D eigenvalue weighted by molar-refractivity contribution is -0.271. The maximum atomic E-state index is 13.5. The van der Waals surface area contributed by atoms with E-state index >= 15 is 0 Å². The number of hydrogen-bond acceptors (Lipinski definition) is 4. The van der Waals surface area contributed by atoms with Gasteiger partial charge in [0.05, 0.1) is 12.5 Å². The molecule has 0 spiro atoms. The molecule has 0 bridgehead atoms. The van der Waals surface area contributed by atoms with E-state index in [4.69, 9.17) is 4.42 Å². The van der Waals surface area contributed by atoms with Crippen LogP contribution in [0.25, 0.3) is 11.0 Å². The van der Waals surface area contributed by atoms with Gasteiger partial charge in [-0.15, -0.1) is 0 Å². The third kappa shape index (κ3) is 3.55. The zero-order valence-corrected chi connectivity index (χ0v) is 14.6. The second kappa shape index (κ2) is 6.73. The number of amides is 1. The fourth-order valence-corrected chi connectivity index (χ4v) is 2.88. The van der Waals surface area contributed by atoms with Gasteiger partial charge in [-0.1, -0.05) is 18.2 Å². The smallest absolute Gasteiger partial charge is 0.425 e. The molecule has 144 valence electrons. The number of aromatic nitrogens is 2. The van der Waals surface area contributed by atoms with E-state index in [1.54, 1.807) is 25.1 Å². The highest BCUT2D eigenvalue weighted by Crippen LogP contribution is 2.40. The number of benzene rings is 1. The Morgan fingerprint density at radius 2 is 2.07 bits per heavy atom. The number of aliphatic hydroxyl groups is 1. The minimum atomic E-state index is -5.08. The van der Waals surface area contributed by atoms with Crippen molar-refractivity contribution < 1.29 is 27.5 Å². The van der Waals surface area contributed by atoms with Crippen molar-refractivity contribution in [3.8, 4) is 0 Å². The highest BCUT2D eigenvalue weighted by atomic mass is 19.4. The number of alkyl halides is 3. The van der Waals surface area contributed by atoms with Crippen LogP contribution in [-0.2, 0) is 17.4 Å². The first-order valence-electron chi connectivity index (χ1n) is 8.16. The van der Waals surface area contributed by atoms with Crippen molar-refractivity contribution in [1.82, 2.24) is 14.9 Å². The molecule has 2 N–H and O–H groups in total. The van der Waals surface area contributed by atoms with Gasteiger partial charge in [-0.3, -0.25) is 4.79 Å². The number of carbonyl (C=O) groups excluding carboxylic acids is 1. The summed E-state index contributed by atoms with van der Waals surface area (Å²) in [6, 6.07) is 8.20. The van der Waals surface area contributed by atoms with Gasteiger partial charge in [0, 0.05) is 24.8 Å². The summed E-state index contributed by atoms with van der Waals surface area (Å²) in [6.45, 7) is 1.59. The molecule has 1 aromatic carbocycles. The van der Waals surface area contributed by atoms with Crippen LogP contribution in [0.3, 0.4) is 0 Å². The topological polar surface area (TPSA) is 80.3 Å². The van der Waals surface area contributed by atoms with Gasteiger partial charge in [0.25, 0.3) is 0 Å². The Morgan fingerprint density at radius 1 is 1.37 bits per heavy atom. The molecule has 3 aromatic rings. The van der Waals surface area contributed by atoms with E-state index in [-0.39, 0.29) is 0 Å². The van der Waals surface area contributed by atoms with Crippen LogP contribution in [0.5, 0.6) is 0 Å². The van der Waals surface area contributed by atoms with Gasteiger partial charge < -0.3 is 19.4 Å². The lowest BCUT2D eigenvalue weighted by atomic mass is 9.97. The molecule has 2 atom stereocenters. The van der Waals surface area contributed by atoms with Gasteiger partial charge in [-0.05, 0) is 19.1 Å². The Bertz CT molecular complexity index is 930. The number of imidazole rings is 1. The van der Waals surface area contributed by atoms with Crippen LogP contribution in [0.15, 0.2) is 47.1 Å². The van der Waals surface area contributed by atoms with E-state index in [1.807, 2.05) is 12.1 Å². The maximum Gasteiger partial charge on any atom is 0.425 e. The van der Waals surface area contributed by atoms with Crippen LogP contribution in [-0.4, -0.2) is 26.7 Å². The summed E-state index contributed by atoms with van der Waals surface area (Å²) >= 11 is 0. The molecule has 0 aliphatic rings. The van der Waals surface area contributed by atoms with Gasteiger partial charge in [0.1, 0.15) is 11.3 Å². The van der Waals surface area contributed by atoms with Crippen LogP contribution in [0.1, 0.15) is 31.0 Å². The van der Waals surface area contributed by atoms with Gasteiger partial charge in [-0.25, -0.2) is 4.98 Å². The van der Waals surface area contributed by atoms with Gasteiger partial charge in [0.15, 0.2) is 5.82 Å². The summed E-state index contributed by atoms with van der Waals surface area (Å²) in [4.78, 5) is 15.8. The van der Waals surface area contributed by atoms with Gasteiger partial charge >= 0.3 is 6.18 Å². The summed E-state index contributed by atoms with van der Waals surface area (Å²) in [5.74, 6) is -1.23. The molecule has 0 saturated carbocycles. The molecule has 0 aliphatic carbocycles. The number of fused-ring (bicyclic) bond motifs is 1. The monoisotopic (exact) mass is 381 g/mol. The summed E-state index contributed by atoms with van der Waals surface area (Å²) < 4.78 is 47.2. The van der Waals surface area contributed by atoms with Crippen LogP contribution in [0.2, 0.25) is 0 Å². The number of nitrogens with one attached hydrogen (secondary N) is 1. The number of aryl methyl sites for hydroxylation is 1. The molecular weight excluding hydrogens is 363 g/mol. The molecular formula is C18H18F3N3O3. The van der Waals surface area contributed by atoms with Crippen LogP contribution < -0.4 is 5.32 Å². The van der Waals surface area contributed by atoms with Gasteiger partial charge in [0.2, 0.25) is 11.5 Å². The van der Waals surface area contributed by atoms with Crippen molar-refractivity contribution in [3.05, 3.63) is 54.3 Å². The molecule has 1 amide bonds. The zero-order valence-electron chi connectivity index (χ0n) is 14.6. The zero-order chi connectivity index (χ0) is 19.8. The SMILES string of the molecule is CC(NC(=O)CC(O)(c1nccn1C)C(F)(F)F)c1cc2ccccc2o1. The van der Waals surface area contributed by atoms with E-state index < -0.39 is 36.0 Å². The Balaban J connectivity index is 1.79. The first-order chi connectivity index (χ1) is 12.6. The summed E-state index contributed by atoms with van der Waals surface area (Å²) in [7, 11) is 1.31. The number of rotatable bonds is 5. The number of halogens is 3. The Morgan fingerprint density at radius 3 is 2.67 bits per heavy atom. The van der Waals surface area contributed by atoms with E-state index in [0.717, 1.165) is 16.2 Å². The first kappa shape index (κ1) is 19.0. The highest BCUT2D eigenvalue weighted by Gasteiger charge is 2.58. The van der Waals surface area contributed by atoms with E-state index in [2.05, 4.69) is 10.3 Å². The Kier molecular flexibility index (Phi) is 4.73. The van der Waals surface area contributed by atoms with Crippen LogP contribution in [0, 0.1) is 0 Å². The van der Waals surface area contributed by atoms with Crippen molar-refractivity contribution >= 4 is 16.9 Å². The Labute approximate surface area is 152 Å². The molecule has 0 aliphatic heterocycles. The lowest BCUT2D eigenvalue weighted by Gasteiger charge is -2.29. The summed E-state index contributed by atoms with van der Waals surface area (Å²) in [5, 5.41) is 13.5. The largest absolute Gasteiger partial charge is 0.459 e. The number of para-hydroxylation sites is 1. The van der Waals surface area contributed by atoms with E-state index in [0.29, 0.717) is 11.3 Å². The van der Waals surface area contributed by atoms with Crippen molar-refractivity contribution in [1.29, 1.82) is 0 Å². The number of carbonyl (C=O) groups is 1. The fraction of sp³-hybridized carbons (Fsp3) is 0.333. The van der Waals surface area contributed by atoms with E-state index in [9.17, 15) is 23.1 Å². The summed E-state index contributed by atoms with van der Waals surface area (Å²) in [6.07, 6.45) is -3.90. The number of nitrogens with zero attached hydrogens (tertiary/aromatic N) is 2. The first-order valence-corrected chi connectivity index (χ1v) is 8.16. The molecule has 3 rings (SSSR count). The average molecular weight is 381 g/mol. The predicted octanol–water partition coefficient (Wildman–Crippen LogP) is 3.18.